The maximum absolute atomic E-state index is 13.2. The summed E-state index contributed by atoms with van der Waals surface area (Å²) in [4.78, 5) is 20.0. The average molecular weight is 392 g/mol. The second-order valence-electron chi connectivity index (χ2n) is 6.62. The molecule has 0 saturated carbocycles. The topological polar surface area (TPSA) is 96.2 Å². The van der Waals surface area contributed by atoms with E-state index in [4.69, 9.17) is 5.90 Å². The number of hydrogen-bond acceptors (Lipinski definition) is 6. The van der Waals surface area contributed by atoms with Gasteiger partial charge in [0, 0.05) is 56.7 Å². The van der Waals surface area contributed by atoms with Crippen molar-refractivity contribution in [3.05, 3.63) is 36.4 Å². The first-order chi connectivity index (χ1) is 12.9. The Labute approximate surface area is 159 Å². The minimum Gasteiger partial charge on any atom is -0.377 e. The molecular formula is C18H24N4O4S. The van der Waals surface area contributed by atoms with Crippen LogP contribution in [0.25, 0.3) is 10.8 Å². The lowest BCUT2D eigenvalue weighted by molar-refractivity contribution is -0.137. The van der Waals surface area contributed by atoms with E-state index in [0.717, 1.165) is 11.1 Å². The summed E-state index contributed by atoms with van der Waals surface area (Å²) >= 11 is 0. The first-order valence-electron chi connectivity index (χ1n) is 8.65. The van der Waals surface area contributed by atoms with Gasteiger partial charge in [-0.3, -0.25) is 9.63 Å². The highest BCUT2D eigenvalue weighted by atomic mass is 32.2. The van der Waals surface area contributed by atoms with Crippen LogP contribution >= 0.6 is 0 Å². The molecule has 1 heterocycles. The van der Waals surface area contributed by atoms with Crippen molar-refractivity contribution in [1.82, 2.24) is 9.21 Å². The van der Waals surface area contributed by atoms with Gasteiger partial charge in [-0.05, 0) is 12.1 Å². The minimum atomic E-state index is -3.67. The van der Waals surface area contributed by atoms with Gasteiger partial charge in [-0.1, -0.05) is 24.3 Å². The van der Waals surface area contributed by atoms with Crippen molar-refractivity contribution < 1.29 is 18.0 Å². The Hall–Kier alpha value is -2.20. The van der Waals surface area contributed by atoms with E-state index in [-0.39, 0.29) is 30.5 Å². The summed E-state index contributed by atoms with van der Waals surface area (Å²) in [6, 6.07) is 11.0. The molecule has 27 heavy (non-hydrogen) atoms. The van der Waals surface area contributed by atoms with E-state index < -0.39 is 10.0 Å². The second kappa shape index (κ2) is 7.81. The Morgan fingerprint density at radius 1 is 1.07 bits per heavy atom. The molecule has 1 fully saturated rings. The number of rotatable bonds is 5. The third-order valence-electron chi connectivity index (χ3n) is 4.76. The molecule has 0 aliphatic carbocycles. The molecule has 0 spiro atoms. The number of amides is 1. The lowest BCUT2D eigenvalue weighted by Crippen LogP contribution is -2.51. The van der Waals surface area contributed by atoms with Gasteiger partial charge in [0.2, 0.25) is 10.0 Å². The standard InChI is InChI=1S/C18H24N4O4S/c1-20(2)16-7-3-6-15-14(16)5-4-8-17(15)27(24,25)22-11-9-21(10-12-22)18(23)13-26-19/h3-8H,9-13,19H2,1-2H3. The van der Waals surface area contributed by atoms with E-state index in [0.29, 0.717) is 18.5 Å². The molecule has 0 aromatic heterocycles. The highest BCUT2D eigenvalue weighted by molar-refractivity contribution is 7.89. The zero-order valence-electron chi connectivity index (χ0n) is 15.5. The van der Waals surface area contributed by atoms with Crippen LogP contribution in [0.1, 0.15) is 0 Å². The van der Waals surface area contributed by atoms with Crippen molar-refractivity contribution in [3.8, 4) is 0 Å². The molecule has 0 bridgehead atoms. The van der Waals surface area contributed by atoms with Crippen LogP contribution in [0.2, 0.25) is 0 Å². The number of carbonyl (C=O) groups excluding carboxylic acids is 1. The predicted octanol–water partition coefficient (Wildman–Crippen LogP) is 0.629. The molecule has 1 amide bonds. The third-order valence-corrected chi connectivity index (χ3v) is 6.71. The number of fused-ring (bicyclic) bond motifs is 1. The predicted molar refractivity (Wildman–Crippen MR) is 104 cm³/mol. The smallest absolute Gasteiger partial charge is 0.250 e. The van der Waals surface area contributed by atoms with Gasteiger partial charge in [-0.25, -0.2) is 14.3 Å². The van der Waals surface area contributed by atoms with E-state index in [1.165, 1.54) is 4.31 Å². The Balaban J connectivity index is 1.90. The van der Waals surface area contributed by atoms with E-state index in [2.05, 4.69) is 4.84 Å². The number of nitrogens with two attached hydrogens (primary N) is 1. The van der Waals surface area contributed by atoms with Crippen LogP contribution < -0.4 is 10.8 Å². The number of piperazine rings is 1. The van der Waals surface area contributed by atoms with Gasteiger partial charge in [0.1, 0.15) is 6.61 Å². The van der Waals surface area contributed by atoms with Crippen molar-refractivity contribution in [3.63, 3.8) is 0 Å². The van der Waals surface area contributed by atoms with Crippen molar-refractivity contribution >= 4 is 32.4 Å². The fraction of sp³-hybridized carbons (Fsp3) is 0.389. The van der Waals surface area contributed by atoms with Gasteiger partial charge in [-0.15, -0.1) is 0 Å². The Morgan fingerprint density at radius 2 is 1.70 bits per heavy atom. The number of carbonyl (C=O) groups is 1. The molecule has 146 valence electrons. The summed E-state index contributed by atoms with van der Waals surface area (Å²) in [5, 5.41) is 1.58. The molecule has 0 unspecified atom stereocenters. The van der Waals surface area contributed by atoms with Crippen LogP contribution in [0.3, 0.4) is 0 Å². The normalized spacial score (nSPS) is 15.9. The molecule has 0 atom stereocenters. The van der Waals surface area contributed by atoms with Gasteiger partial charge in [0.05, 0.1) is 4.90 Å². The molecule has 2 aromatic rings. The average Bonchev–Trinajstić information content (AvgIpc) is 2.67. The summed E-state index contributed by atoms with van der Waals surface area (Å²) < 4.78 is 27.9. The summed E-state index contributed by atoms with van der Waals surface area (Å²) in [6.07, 6.45) is 0. The van der Waals surface area contributed by atoms with Crippen LogP contribution in [0.15, 0.2) is 41.3 Å². The lowest BCUT2D eigenvalue weighted by Gasteiger charge is -2.34. The van der Waals surface area contributed by atoms with Crippen LogP contribution in [0.4, 0.5) is 5.69 Å². The van der Waals surface area contributed by atoms with Crippen LogP contribution in [0.5, 0.6) is 0 Å². The molecule has 3 rings (SSSR count). The van der Waals surface area contributed by atoms with E-state index in [1.54, 1.807) is 17.0 Å². The van der Waals surface area contributed by atoms with E-state index in [1.807, 2.05) is 43.3 Å². The summed E-state index contributed by atoms with van der Waals surface area (Å²) in [5.41, 5.74) is 0.960. The van der Waals surface area contributed by atoms with E-state index in [9.17, 15) is 13.2 Å². The monoisotopic (exact) mass is 392 g/mol. The maximum Gasteiger partial charge on any atom is 0.250 e. The van der Waals surface area contributed by atoms with Crippen molar-refractivity contribution in [1.29, 1.82) is 0 Å². The highest BCUT2D eigenvalue weighted by Gasteiger charge is 2.31. The SMILES string of the molecule is CN(C)c1cccc2c(S(=O)(=O)N3CCN(C(=O)CON)CC3)cccc12. The second-order valence-corrected chi connectivity index (χ2v) is 8.53. The number of anilines is 1. The minimum absolute atomic E-state index is 0.205. The molecule has 1 aliphatic rings. The summed E-state index contributed by atoms with van der Waals surface area (Å²) in [7, 11) is 0.184. The first kappa shape index (κ1) is 19.6. The largest absolute Gasteiger partial charge is 0.377 e. The first-order valence-corrected chi connectivity index (χ1v) is 10.1. The number of sulfonamides is 1. The van der Waals surface area contributed by atoms with Gasteiger partial charge in [-0.2, -0.15) is 4.31 Å². The van der Waals surface area contributed by atoms with Crippen LogP contribution in [-0.2, 0) is 19.7 Å². The molecule has 9 heteroatoms. The molecule has 2 N–H and O–H groups in total. The Bertz CT molecular complexity index is 938. The number of benzene rings is 2. The van der Waals surface area contributed by atoms with Crippen molar-refractivity contribution in [2.75, 3.05) is 51.8 Å². The van der Waals surface area contributed by atoms with Gasteiger partial charge in [0.15, 0.2) is 0 Å². The Kier molecular flexibility index (Phi) is 5.66. The molecule has 0 radical (unpaired) electrons. The van der Waals surface area contributed by atoms with Crippen LogP contribution in [0, 0.1) is 0 Å². The fourth-order valence-electron chi connectivity index (χ4n) is 3.36. The fourth-order valence-corrected chi connectivity index (χ4v) is 4.99. The Morgan fingerprint density at radius 3 is 2.33 bits per heavy atom. The van der Waals surface area contributed by atoms with E-state index >= 15 is 0 Å². The molecule has 1 aliphatic heterocycles. The van der Waals surface area contributed by atoms with Gasteiger partial charge >= 0.3 is 0 Å². The van der Waals surface area contributed by atoms with Gasteiger partial charge in [0.25, 0.3) is 5.91 Å². The number of nitrogens with zero attached hydrogens (tertiary/aromatic N) is 3. The molecular weight excluding hydrogens is 368 g/mol. The maximum atomic E-state index is 13.2. The lowest BCUT2D eigenvalue weighted by atomic mass is 10.1. The van der Waals surface area contributed by atoms with Gasteiger partial charge < -0.3 is 9.80 Å². The molecule has 8 nitrogen and oxygen atoms in total. The highest BCUT2D eigenvalue weighted by Crippen LogP contribution is 2.31. The van der Waals surface area contributed by atoms with Crippen molar-refractivity contribution in [2.24, 2.45) is 5.90 Å². The zero-order chi connectivity index (χ0) is 19.6. The third kappa shape index (κ3) is 3.77. The molecule has 1 saturated heterocycles. The summed E-state index contributed by atoms with van der Waals surface area (Å²) in [6.45, 7) is 0.901. The quantitative estimate of drug-likeness (QED) is 0.750. The molecule has 2 aromatic carbocycles. The number of hydrogen-bond donors (Lipinski definition) is 1. The zero-order valence-corrected chi connectivity index (χ0v) is 16.3. The van der Waals surface area contributed by atoms with Crippen molar-refractivity contribution in [2.45, 2.75) is 4.90 Å². The summed E-state index contributed by atoms with van der Waals surface area (Å²) in [5.74, 6) is 4.70. The van der Waals surface area contributed by atoms with Crippen LogP contribution in [-0.4, -0.2) is 70.4 Å².